The summed E-state index contributed by atoms with van der Waals surface area (Å²) in [4.78, 5) is 17.3. The van der Waals surface area contributed by atoms with Crippen molar-refractivity contribution in [2.24, 2.45) is 5.41 Å². The molecule has 1 aliphatic rings. The average molecular weight is 423 g/mol. The average Bonchev–Trinajstić information content (AvgIpc) is 2.74. The Labute approximate surface area is 180 Å². The Kier molecular flexibility index (Phi) is 6.25. The normalized spacial score (nSPS) is 14.9. The van der Waals surface area contributed by atoms with E-state index >= 15 is 0 Å². The first-order chi connectivity index (χ1) is 14.6. The second kappa shape index (κ2) is 9.06. The maximum absolute atomic E-state index is 11.6. The summed E-state index contributed by atoms with van der Waals surface area (Å²) in [7, 11) is 0. The molecule has 0 aliphatic heterocycles. The van der Waals surface area contributed by atoms with Crippen LogP contribution in [0.15, 0.2) is 59.5 Å². The van der Waals surface area contributed by atoms with E-state index in [4.69, 9.17) is 9.94 Å². The number of aromatic nitrogens is 1. The molecule has 0 bridgehead atoms. The molecule has 1 aromatic heterocycles. The number of carbonyl (C=O) groups excluding carboxylic acids is 1. The van der Waals surface area contributed by atoms with Crippen molar-refractivity contribution >= 4 is 28.6 Å². The Morgan fingerprint density at radius 3 is 2.67 bits per heavy atom. The number of nitrogens with zero attached hydrogens (tertiary/aromatic N) is 1. The first-order valence-corrected chi connectivity index (χ1v) is 11.2. The number of ether oxygens (including phenoxy) is 1. The molecule has 0 saturated heterocycles. The molecule has 0 unspecified atom stereocenters. The Morgan fingerprint density at radius 1 is 1.20 bits per heavy atom. The molecule has 5 nitrogen and oxygen atoms in total. The molecule has 0 radical (unpaired) electrons. The van der Waals surface area contributed by atoms with Crippen molar-refractivity contribution in [3.63, 3.8) is 0 Å². The summed E-state index contributed by atoms with van der Waals surface area (Å²) in [6.45, 7) is 2.50. The van der Waals surface area contributed by atoms with Crippen molar-refractivity contribution in [2.45, 2.75) is 44.1 Å². The number of aryl methyl sites for hydroxylation is 1. The quantitative estimate of drug-likeness (QED) is 0.294. The topological polar surface area (TPSA) is 71.5 Å². The van der Waals surface area contributed by atoms with Gasteiger partial charge in [0, 0.05) is 33.7 Å². The molecule has 3 aromatic rings. The van der Waals surface area contributed by atoms with Gasteiger partial charge in [0.05, 0.1) is 5.52 Å². The minimum atomic E-state index is -0.294. The molecule has 1 heterocycles. The van der Waals surface area contributed by atoms with Crippen LogP contribution in [-0.4, -0.2) is 21.9 Å². The lowest BCUT2D eigenvalue weighted by Gasteiger charge is -2.41. The second-order valence-corrected chi connectivity index (χ2v) is 9.10. The Hall–Kier alpha value is -2.57. The monoisotopic (exact) mass is 422 g/mol. The van der Waals surface area contributed by atoms with E-state index in [9.17, 15) is 4.79 Å². The Bertz CT molecular complexity index is 1030. The second-order valence-electron chi connectivity index (χ2n) is 8.05. The third-order valence-electron chi connectivity index (χ3n) is 5.77. The lowest BCUT2D eigenvalue weighted by atomic mass is 9.68. The van der Waals surface area contributed by atoms with Crippen molar-refractivity contribution in [2.75, 3.05) is 5.75 Å². The van der Waals surface area contributed by atoms with Crippen molar-refractivity contribution < 1.29 is 14.7 Å². The van der Waals surface area contributed by atoms with Gasteiger partial charge in [-0.05, 0) is 61.6 Å². The van der Waals surface area contributed by atoms with E-state index in [2.05, 4.69) is 29.2 Å². The number of nitrogens with one attached hydrogen (secondary N) is 1. The van der Waals surface area contributed by atoms with Crippen molar-refractivity contribution in [1.82, 2.24) is 10.5 Å². The molecule has 2 N–H and O–H groups in total. The van der Waals surface area contributed by atoms with Crippen LogP contribution in [0.2, 0.25) is 0 Å². The molecule has 1 fully saturated rings. The zero-order valence-corrected chi connectivity index (χ0v) is 17.9. The minimum Gasteiger partial charge on any atom is -0.489 e. The van der Waals surface area contributed by atoms with Gasteiger partial charge in [0.15, 0.2) is 0 Å². The van der Waals surface area contributed by atoms with Crippen molar-refractivity contribution in [1.29, 1.82) is 0 Å². The smallest absolute Gasteiger partial charge is 0.243 e. The van der Waals surface area contributed by atoms with Gasteiger partial charge in [-0.2, -0.15) is 0 Å². The summed E-state index contributed by atoms with van der Waals surface area (Å²) in [5, 5.41) is 9.93. The van der Waals surface area contributed by atoms with Crippen LogP contribution in [-0.2, 0) is 11.4 Å². The molecule has 2 aromatic carbocycles. The maximum atomic E-state index is 11.6. The lowest BCUT2D eigenvalue weighted by Crippen LogP contribution is -2.37. The minimum absolute atomic E-state index is 0.00686. The van der Waals surface area contributed by atoms with Gasteiger partial charge < -0.3 is 4.74 Å². The van der Waals surface area contributed by atoms with Gasteiger partial charge in [0.1, 0.15) is 12.4 Å². The number of hydrogen-bond donors (Lipinski definition) is 2. The third-order valence-corrected chi connectivity index (χ3v) is 7.13. The summed E-state index contributed by atoms with van der Waals surface area (Å²) < 4.78 is 6.04. The summed E-state index contributed by atoms with van der Waals surface area (Å²) in [5.41, 5.74) is 4.88. The summed E-state index contributed by atoms with van der Waals surface area (Å²) in [6, 6.07) is 18.3. The highest BCUT2D eigenvalue weighted by atomic mass is 32.2. The van der Waals surface area contributed by atoms with E-state index in [1.165, 1.54) is 0 Å². The number of amides is 1. The summed E-state index contributed by atoms with van der Waals surface area (Å²) >= 11 is 1.76. The van der Waals surface area contributed by atoms with Gasteiger partial charge in [0.2, 0.25) is 5.91 Å². The largest absolute Gasteiger partial charge is 0.489 e. The Balaban J connectivity index is 1.36. The number of carbonyl (C=O) groups is 1. The standard InChI is InChI=1S/C24H26N2O3S/c1-17-13-18(21-5-2-3-6-22(21)25-17)15-29-19-7-9-20(10-8-19)30-16-24(11-4-12-24)14-23(27)26-28/h2-3,5-10,13,28H,4,11-12,14-16H2,1H3,(H,26,27). The molecule has 4 rings (SSSR count). The van der Waals surface area contributed by atoms with Gasteiger partial charge in [-0.1, -0.05) is 24.6 Å². The molecule has 1 amide bonds. The van der Waals surface area contributed by atoms with Gasteiger partial charge in [-0.25, -0.2) is 5.48 Å². The van der Waals surface area contributed by atoms with E-state index in [0.29, 0.717) is 13.0 Å². The zero-order chi connectivity index (χ0) is 21.0. The zero-order valence-electron chi connectivity index (χ0n) is 17.1. The van der Waals surface area contributed by atoms with Gasteiger partial charge in [-0.15, -0.1) is 11.8 Å². The van der Waals surface area contributed by atoms with Gasteiger partial charge in [0.25, 0.3) is 0 Å². The van der Waals surface area contributed by atoms with Crippen LogP contribution in [0, 0.1) is 12.3 Å². The highest BCUT2D eigenvalue weighted by molar-refractivity contribution is 7.99. The van der Waals surface area contributed by atoms with Gasteiger partial charge in [-0.3, -0.25) is 15.0 Å². The van der Waals surface area contributed by atoms with E-state index in [-0.39, 0.29) is 11.3 Å². The number of fused-ring (bicyclic) bond motifs is 1. The van der Waals surface area contributed by atoms with Crippen molar-refractivity contribution in [3.05, 3.63) is 65.9 Å². The highest BCUT2D eigenvalue weighted by Crippen LogP contribution is 2.47. The molecule has 1 saturated carbocycles. The van der Waals surface area contributed by atoms with Crippen LogP contribution in [0.5, 0.6) is 5.75 Å². The molecule has 0 spiro atoms. The van der Waals surface area contributed by atoms with E-state index in [1.807, 2.05) is 37.3 Å². The third kappa shape index (κ3) is 4.77. The fourth-order valence-electron chi connectivity index (χ4n) is 3.97. The summed E-state index contributed by atoms with van der Waals surface area (Å²) in [5.74, 6) is 1.41. The van der Waals surface area contributed by atoms with Crippen LogP contribution in [0.4, 0.5) is 0 Å². The first-order valence-electron chi connectivity index (χ1n) is 10.2. The predicted octanol–water partition coefficient (Wildman–Crippen LogP) is 5.28. The molecule has 156 valence electrons. The van der Waals surface area contributed by atoms with Crippen LogP contribution in [0.3, 0.4) is 0 Å². The number of para-hydroxylation sites is 1. The Morgan fingerprint density at radius 2 is 1.97 bits per heavy atom. The van der Waals surface area contributed by atoms with Crippen molar-refractivity contribution in [3.8, 4) is 5.75 Å². The molecule has 0 atom stereocenters. The fraction of sp³-hybridized carbons (Fsp3) is 0.333. The number of thioether (sulfide) groups is 1. The van der Waals surface area contributed by atoms with E-state index in [0.717, 1.165) is 57.8 Å². The molecule has 30 heavy (non-hydrogen) atoms. The SMILES string of the molecule is Cc1cc(COc2ccc(SCC3(CC(=O)NO)CCC3)cc2)c2ccccc2n1. The van der Waals surface area contributed by atoms with Crippen LogP contribution < -0.4 is 10.2 Å². The fourth-order valence-corrected chi connectivity index (χ4v) is 5.17. The summed E-state index contributed by atoms with van der Waals surface area (Å²) in [6.07, 6.45) is 3.61. The lowest BCUT2D eigenvalue weighted by molar-refractivity contribution is -0.132. The first kappa shape index (κ1) is 20.7. The molecular formula is C24H26N2O3S. The number of pyridine rings is 1. The predicted molar refractivity (Wildman–Crippen MR) is 119 cm³/mol. The molecule has 6 heteroatoms. The van der Waals surface area contributed by atoms with Crippen LogP contribution in [0.1, 0.15) is 36.9 Å². The maximum Gasteiger partial charge on any atom is 0.243 e. The highest BCUT2D eigenvalue weighted by Gasteiger charge is 2.38. The van der Waals surface area contributed by atoms with Gasteiger partial charge >= 0.3 is 0 Å². The van der Waals surface area contributed by atoms with E-state index in [1.54, 1.807) is 17.2 Å². The van der Waals surface area contributed by atoms with Crippen LogP contribution >= 0.6 is 11.8 Å². The number of hydroxylamine groups is 1. The molecule has 1 aliphatic carbocycles. The number of rotatable bonds is 8. The molecular weight excluding hydrogens is 396 g/mol. The number of hydrogen-bond acceptors (Lipinski definition) is 5. The van der Waals surface area contributed by atoms with E-state index < -0.39 is 0 Å². The van der Waals surface area contributed by atoms with Crippen LogP contribution in [0.25, 0.3) is 10.9 Å². The number of benzene rings is 2.